The van der Waals surface area contributed by atoms with Gasteiger partial charge in [0.1, 0.15) is 0 Å². The van der Waals surface area contributed by atoms with Gasteiger partial charge in [-0.3, -0.25) is 19.2 Å². The Bertz CT molecular complexity index is 1330. The molecule has 49 heavy (non-hydrogen) atoms. The molecule has 0 aromatic heterocycles. The van der Waals surface area contributed by atoms with E-state index in [2.05, 4.69) is 61.1 Å². The summed E-state index contributed by atoms with van der Waals surface area (Å²) in [7, 11) is 0. The van der Waals surface area contributed by atoms with E-state index >= 15 is 0 Å². The third-order valence-electron chi connectivity index (χ3n) is 12.3. The van der Waals surface area contributed by atoms with Crippen LogP contribution >= 0.6 is 0 Å². The maximum Gasteiger partial charge on any atom is 0.239 e. The van der Waals surface area contributed by atoms with Crippen molar-refractivity contribution in [2.75, 3.05) is 26.2 Å². The van der Waals surface area contributed by atoms with E-state index in [1.165, 1.54) is 22.3 Å². The van der Waals surface area contributed by atoms with Crippen LogP contribution in [-0.2, 0) is 19.2 Å². The van der Waals surface area contributed by atoms with Crippen LogP contribution in [0.5, 0.6) is 0 Å². The lowest BCUT2D eigenvalue weighted by Gasteiger charge is -2.57. The van der Waals surface area contributed by atoms with Gasteiger partial charge in [0.15, 0.2) is 0 Å². The van der Waals surface area contributed by atoms with Crippen LogP contribution in [0, 0.1) is 47.3 Å². The Morgan fingerprint density at radius 2 is 0.959 bits per heavy atom. The zero-order chi connectivity index (χ0) is 35.7. The van der Waals surface area contributed by atoms with Gasteiger partial charge in [-0.05, 0) is 121 Å². The summed E-state index contributed by atoms with van der Waals surface area (Å²) in [5.74, 6) is -1.29. The lowest BCUT2D eigenvalue weighted by Crippen LogP contribution is -2.65. The monoisotopic (exact) mass is 678 g/mol. The van der Waals surface area contributed by atoms with Gasteiger partial charge in [0.05, 0.1) is 37.1 Å². The predicted octanol–water partition coefficient (Wildman–Crippen LogP) is 3.47. The molecule has 0 aliphatic heterocycles. The number of carbonyl (C=O) groups is 4. The molecule has 0 saturated heterocycles. The quantitative estimate of drug-likeness (QED) is 0.122. The normalized spacial score (nSPS) is 34.4. The number of amides is 4. The highest BCUT2D eigenvalue weighted by molar-refractivity contribution is 5.86. The molecule has 10 heteroatoms. The molecule has 5 saturated carbocycles. The van der Waals surface area contributed by atoms with Gasteiger partial charge >= 0.3 is 0 Å². The number of fused-ring (bicyclic) bond motifs is 2. The molecule has 0 radical (unpaired) electrons. The zero-order valence-corrected chi connectivity index (χ0v) is 30.2. The zero-order valence-electron chi connectivity index (χ0n) is 30.2. The van der Waals surface area contributed by atoms with Crippen molar-refractivity contribution >= 4 is 23.6 Å². The minimum atomic E-state index is -1.25. The van der Waals surface area contributed by atoms with E-state index in [1.54, 1.807) is 0 Å². The first-order valence-electron chi connectivity index (χ1n) is 18.3. The second kappa shape index (κ2) is 14.9. The van der Waals surface area contributed by atoms with Gasteiger partial charge < -0.3 is 31.5 Å². The Balaban J connectivity index is 1.08. The summed E-state index contributed by atoms with van der Waals surface area (Å²) in [5, 5.41) is 35.2. The Morgan fingerprint density at radius 3 is 1.33 bits per heavy atom. The summed E-state index contributed by atoms with van der Waals surface area (Å²) in [6.45, 7) is 12.8. The molecule has 0 heterocycles. The fourth-order valence-electron chi connectivity index (χ4n) is 10.6. The number of nitrogens with one attached hydrogen (secondary N) is 4. The minimum Gasteiger partial charge on any atom is -0.389 e. The summed E-state index contributed by atoms with van der Waals surface area (Å²) in [6.07, 6.45) is 12.8. The standard InChI is InChI=1S/C39H58N4O6/c1-22(2)9-7-11-24(5)13-15-40-30(46)20-42-28(44)18-38(48)34-26-17-27-33-32(26)36(38)37(33)39(49,35(27)34)19-29(45)43-21-31(47)41-16-14-25(6)12-8-10-23(3)4/h9-10,13-14,26-27,32-37,48-49H,7-8,11-12,15-21H2,1-6H3,(H,40,46)(H,41,47)(H,42,44)(H,43,45)/b24-13+,25-14+. The third kappa shape index (κ3) is 7.46. The van der Waals surface area contributed by atoms with Crippen LogP contribution < -0.4 is 21.3 Å². The summed E-state index contributed by atoms with van der Waals surface area (Å²) in [6, 6.07) is 0. The van der Waals surface area contributed by atoms with Gasteiger partial charge in [0.2, 0.25) is 23.6 Å². The van der Waals surface area contributed by atoms with Crippen LogP contribution in [0.25, 0.3) is 0 Å². The molecule has 5 aliphatic rings. The van der Waals surface area contributed by atoms with Crippen LogP contribution in [0.2, 0.25) is 0 Å². The van der Waals surface area contributed by atoms with Gasteiger partial charge in [-0.2, -0.15) is 0 Å². The van der Waals surface area contributed by atoms with Crippen molar-refractivity contribution in [3.8, 4) is 0 Å². The van der Waals surface area contributed by atoms with Crippen molar-refractivity contribution in [3.05, 3.63) is 46.6 Å². The highest BCUT2D eigenvalue weighted by atomic mass is 16.3. The van der Waals surface area contributed by atoms with Crippen LogP contribution in [0.15, 0.2) is 46.6 Å². The van der Waals surface area contributed by atoms with Crippen molar-refractivity contribution in [3.63, 3.8) is 0 Å². The lowest BCUT2D eigenvalue weighted by molar-refractivity contribution is -0.218. The van der Waals surface area contributed by atoms with E-state index in [1.807, 2.05) is 26.0 Å². The highest BCUT2D eigenvalue weighted by Gasteiger charge is 2.90. The van der Waals surface area contributed by atoms with Crippen molar-refractivity contribution < 1.29 is 29.4 Å². The topological polar surface area (TPSA) is 157 Å². The summed E-state index contributed by atoms with van der Waals surface area (Å²) >= 11 is 0. The Kier molecular flexibility index (Phi) is 11.3. The maximum atomic E-state index is 13.1. The fraction of sp³-hybridized carbons (Fsp3) is 0.692. The van der Waals surface area contributed by atoms with E-state index in [-0.39, 0.29) is 96.9 Å². The molecule has 5 rings (SSSR count). The molecule has 10 atom stereocenters. The van der Waals surface area contributed by atoms with E-state index in [9.17, 15) is 29.4 Å². The largest absolute Gasteiger partial charge is 0.389 e. The second-order valence-electron chi connectivity index (χ2n) is 16.1. The van der Waals surface area contributed by atoms with Crippen LogP contribution in [0.3, 0.4) is 0 Å². The smallest absolute Gasteiger partial charge is 0.239 e. The number of rotatable bonds is 18. The molecule has 0 spiro atoms. The molecule has 4 amide bonds. The third-order valence-corrected chi connectivity index (χ3v) is 12.3. The molecule has 0 aromatic carbocycles. The molecule has 2 bridgehead atoms. The summed E-state index contributed by atoms with van der Waals surface area (Å²) < 4.78 is 0. The average Bonchev–Trinajstić information content (AvgIpc) is 3.53. The Morgan fingerprint density at radius 1 is 0.571 bits per heavy atom. The minimum absolute atomic E-state index is 0.107. The first kappa shape index (κ1) is 37.0. The number of allylic oxidation sites excluding steroid dienone is 6. The second-order valence-corrected chi connectivity index (χ2v) is 16.1. The highest BCUT2D eigenvalue weighted by Crippen LogP contribution is 2.88. The van der Waals surface area contributed by atoms with Gasteiger partial charge in [-0.15, -0.1) is 0 Å². The summed E-state index contributed by atoms with van der Waals surface area (Å²) in [5.41, 5.74) is 2.44. The average molecular weight is 679 g/mol. The molecule has 270 valence electrons. The first-order chi connectivity index (χ1) is 23.2. The molecular weight excluding hydrogens is 620 g/mol. The van der Waals surface area contributed by atoms with E-state index in [4.69, 9.17) is 0 Å². The predicted molar refractivity (Wildman–Crippen MR) is 189 cm³/mol. The van der Waals surface area contributed by atoms with Crippen LogP contribution in [0.4, 0.5) is 0 Å². The molecule has 0 aromatic rings. The van der Waals surface area contributed by atoms with Gasteiger partial charge in [0.25, 0.3) is 0 Å². The SMILES string of the molecule is CC(C)=CCC/C(C)=C/CNC(=O)CNC(=O)CC1(O)C2C3CC4C5C3C1C5C(O)(CC(=O)NCC(=O)NC/C=C(\C)CCC=C(C)C)C42. The van der Waals surface area contributed by atoms with Crippen molar-refractivity contribution in [1.29, 1.82) is 0 Å². The first-order valence-corrected chi connectivity index (χ1v) is 18.3. The molecule has 6 N–H and O–H groups in total. The molecule has 10 unspecified atom stereocenters. The van der Waals surface area contributed by atoms with Gasteiger partial charge in [-0.1, -0.05) is 46.6 Å². The fourth-order valence-corrected chi connectivity index (χ4v) is 10.6. The van der Waals surface area contributed by atoms with Crippen LogP contribution in [0.1, 0.15) is 86.5 Å². The number of aliphatic hydroxyl groups is 2. The Labute approximate surface area is 291 Å². The number of hydrogen-bond acceptors (Lipinski definition) is 6. The van der Waals surface area contributed by atoms with Gasteiger partial charge in [-0.25, -0.2) is 0 Å². The van der Waals surface area contributed by atoms with E-state index < -0.39 is 11.2 Å². The molecule has 5 aliphatic carbocycles. The van der Waals surface area contributed by atoms with Crippen molar-refractivity contribution in [1.82, 2.24) is 21.3 Å². The lowest BCUT2D eigenvalue weighted by atomic mass is 9.50. The van der Waals surface area contributed by atoms with Crippen LogP contribution in [-0.4, -0.2) is 71.2 Å². The summed E-state index contributed by atoms with van der Waals surface area (Å²) in [4.78, 5) is 51.0. The van der Waals surface area contributed by atoms with E-state index in [0.29, 0.717) is 13.1 Å². The van der Waals surface area contributed by atoms with Crippen molar-refractivity contribution in [2.45, 2.75) is 97.7 Å². The van der Waals surface area contributed by atoms with Gasteiger partial charge in [0, 0.05) is 13.1 Å². The number of carbonyl (C=O) groups excluding carboxylic acids is 4. The molecule has 5 fully saturated rings. The number of hydrogen-bond donors (Lipinski definition) is 6. The Hall–Kier alpha value is -3.24. The van der Waals surface area contributed by atoms with Crippen molar-refractivity contribution in [2.24, 2.45) is 47.3 Å². The molecule has 10 nitrogen and oxygen atoms in total. The van der Waals surface area contributed by atoms with E-state index in [0.717, 1.165) is 32.1 Å². The molecular formula is C39H58N4O6. The maximum absolute atomic E-state index is 13.1.